The predicted molar refractivity (Wildman–Crippen MR) is 152 cm³/mol. The van der Waals surface area contributed by atoms with Crippen LogP contribution in [0.4, 0.5) is 5.69 Å². The number of imide groups is 1. The first-order valence-electron chi connectivity index (χ1n) is 13.2. The van der Waals surface area contributed by atoms with Gasteiger partial charge < -0.3 is 9.67 Å². The number of carbonyl (C=O) groups is 3. The fraction of sp³-hybridized carbons (Fsp3) is 0.156. The van der Waals surface area contributed by atoms with Crippen molar-refractivity contribution >= 4 is 34.6 Å². The van der Waals surface area contributed by atoms with Crippen molar-refractivity contribution in [2.24, 2.45) is 0 Å². The number of nitrogens with zero attached hydrogens (tertiary/aromatic N) is 4. The third kappa shape index (κ3) is 4.33. The van der Waals surface area contributed by atoms with Gasteiger partial charge >= 0.3 is 5.97 Å². The predicted octanol–water partition coefficient (Wildman–Crippen LogP) is 5.99. The number of imidazole rings is 1. The largest absolute Gasteiger partial charge is 0.478 e. The number of aryl methyl sites for hydroxylation is 1. The molecule has 3 heterocycles. The maximum atomic E-state index is 13.0. The quantitative estimate of drug-likeness (QED) is 0.247. The number of carbonyl (C=O) groups excluding carboxylic acids is 2. The first-order valence-corrected chi connectivity index (χ1v) is 13.2. The van der Waals surface area contributed by atoms with Crippen molar-refractivity contribution in [3.63, 3.8) is 0 Å². The van der Waals surface area contributed by atoms with E-state index in [9.17, 15) is 19.5 Å². The van der Waals surface area contributed by atoms with Gasteiger partial charge in [-0.2, -0.15) is 0 Å². The Hall–Kier alpha value is -5.11. The van der Waals surface area contributed by atoms with Gasteiger partial charge in [-0.3, -0.25) is 9.59 Å². The topological polar surface area (TPSA) is 105 Å². The van der Waals surface area contributed by atoms with E-state index in [-0.39, 0.29) is 17.4 Å². The molecule has 0 atom stereocenters. The van der Waals surface area contributed by atoms with E-state index in [0.29, 0.717) is 40.1 Å². The van der Waals surface area contributed by atoms with Gasteiger partial charge in [0.2, 0.25) is 0 Å². The minimum absolute atomic E-state index is 0.260. The molecule has 198 valence electrons. The monoisotopic (exact) mass is 530 g/mol. The Bertz CT molecular complexity index is 1750. The molecule has 40 heavy (non-hydrogen) atoms. The molecule has 0 saturated heterocycles. The molecule has 1 aliphatic rings. The summed E-state index contributed by atoms with van der Waals surface area (Å²) in [5.74, 6) is -0.810. The Morgan fingerprint density at radius 2 is 1.52 bits per heavy atom. The summed E-state index contributed by atoms with van der Waals surface area (Å²) in [5, 5.41) is 9.56. The lowest BCUT2D eigenvalue weighted by atomic mass is 9.99. The number of hydrogen-bond donors (Lipinski definition) is 1. The van der Waals surface area contributed by atoms with Crippen LogP contribution in [-0.4, -0.2) is 37.4 Å². The molecular weight excluding hydrogens is 504 g/mol. The number of carboxylic acid groups (broad SMARTS) is 1. The van der Waals surface area contributed by atoms with Gasteiger partial charge in [-0.25, -0.2) is 19.7 Å². The van der Waals surface area contributed by atoms with Gasteiger partial charge in [-0.05, 0) is 47.4 Å². The number of amides is 2. The normalized spacial score (nSPS) is 12.8. The van der Waals surface area contributed by atoms with Crippen molar-refractivity contribution in [3.8, 4) is 11.1 Å². The molecule has 0 bridgehead atoms. The summed E-state index contributed by atoms with van der Waals surface area (Å²) in [6.07, 6.45) is 4.28. The van der Waals surface area contributed by atoms with Crippen LogP contribution in [0.1, 0.15) is 62.2 Å². The summed E-state index contributed by atoms with van der Waals surface area (Å²) >= 11 is 0. The lowest BCUT2D eigenvalue weighted by Crippen LogP contribution is -2.29. The van der Waals surface area contributed by atoms with Gasteiger partial charge in [-0.15, -0.1) is 0 Å². The number of anilines is 1. The van der Waals surface area contributed by atoms with Gasteiger partial charge in [0.15, 0.2) is 5.65 Å². The molecule has 1 N–H and O–H groups in total. The third-order valence-electron chi connectivity index (χ3n) is 7.22. The third-order valence-corrected chi connectivity index (χ3v) is 7.22. The van der Waals surface area contributed by atoms with E-state index in [1.807, 2.05) is 30.3 Å². The Kier molecular flexibility index (Phi) is 6.43. The van der Waals surface area contributed by atoms with Crippen molar-refractivity contribution in [2.45, 2.75) is 32.7 Å². The van der Waals surface area contributed by atoms with Crippen LogP contribution >= 0.6 is 0 Å². The molecule has 0 saturated carbocycles. The standard InChI is InChI=1S/C32H26N4O4/c1-2-3-12-28-34-27-17-22(36-30(37)24-9-5-6-10-25(24)31(36)38)18-33-29(27)35(28)19-20-13-15-21(16-14-20)23-8-4-7-11-26(23)32(39)40/h4-11,13-18H,2-3,12,19H2,1H3,(H,39,40). The first kappa shape index (κ1) is 25.2. The summed E-state index contributed by atoms with van der Waals surface area (Å²) in [7, 11) is 0. The lowest BCUT2D eigenvalue weighted by Gasteiger charge is -2.14. The molecule has 3 aromatic carbocycles. The summed E-state index contributed by atoms with van der Waals surface area (Å²) < 4.78 is 2.07. The molecule has 6 rings (SSSR count). The average molecular weight is 531 g/mol. The highest BCUT2D eigenvalue weighted by atomic mass is 16.4. The Balaban J connectivity index is 1.34. The maximum absolute atomic E-state index is 13.0. The van der Waals surface area contributed by atoms with Gasteiger partial charge in [0.1, 0.15) is 11.3 Å². The zero-order valence-electron chi connectivity index (χ0n) is 21.9. The molecule has 5 aromatic rings. The van der Waals surface area contributed by atoms with Gasteiger partial charge in [-0.1, -0.05) is 67.9 Å². The molecule has 2 amide bonds. The molecule has 0 unspecified atom stereocenters. The van der Waals surface area contributed by atoms with Crippen molar-refractivity contribution < 1.29 is 19.5 Å². The average Bonchev–Trinajstić information content (AvgIpc) is 3.45. The number of carboxylic acids is 1. The number of fused-ring (bicyclic) bond motifs is 2. The van der Waals surface area contributed by atoms with Crippen LogP contribution in [0.2, 0.25) is 0 Å². The Labute approximate surface area is 230 Å². The van der Waals surface area contributed by atoms with E-state index in [2.05, 4.69) is 16.5 Å². The minimum Gasteiger partial charge on any atom is -0.478 e. The van der Waals surface area contributed by atoms with Gasteiger partial charge in [0.05, 0.1) is 35.1 Å². The molecule has 8 nitrogen and oxygen atoms in total. The van der Waals surface area contributed by atoms with Crippen LogP contribution in [0, 0.1) is 0 Å². The SMILES string of the molecule is CCCCc1nc2cc(N3C(=O)c4ccccc4C3=O)cnc2n1Cc1ccc(-c2ccccc2C(=O)O)cc1. The molecule has 8 heteroatoms. The number of rotatable bonds is 8. The molecule has 0 aliphatic carbocycles. The van der Waals surface area contributed by atoms with Crippen LogP contribution in [0.15, 0.2) is 85.1 Å². The number of hydrogen-bond acceptors (Lipinski definition) is 5. The van der Waals surface area contributed by atoms with Crippen LogP contribution in [0.3, 0.4) is 0 Å². The van der Waals surface area contributed by atoms with E-state index in [1.54, 1.807) is 54.7 Å². The number of benzene rings is 3. The fourth-order valence-corrected chi connectivity index (χ4v) is 5.18. The van der Waals surface area contributed by atoms with Gasteiger partial charge in [0.25, 0.3) is 11.8 Å². The Morgan fingerprint density at radius 1 is 0.875 bits per heavy atom. The highest BCUT2D eigenvalue weighted by Gasteiger charge is 2.36. The first-order chi connectivity index (χ1) is 19.5. The molecule has 0 spiro atoms. The Morgan fingerprint density at radius 3 is 2.17 bits per heavy atom. The zero-order chi connectivity index (χ0) is 27.8. The number of aromatic nitrogens is 3. The van der Waals surface area contributed by atoms with E-state index in [4.69, 9.17) is 4.98 Å². The number of aromatic carboxylic acids is 1. The minimum atomic E-state index is -0.961. The van der Waals surface area contributed by atoms with Gasteiger partial charge in [0, 0.05) is 6.42 Å². The van der Waals surface area contributed by atoms with E-state index >= 15 is 0 Å². The van der Waals surface area contributed by atoms with Crippen molar-refractivity contribution in [1.29, 1.82) is 0 Å². The maximum Gasteiger partial charge on any atom is 0.336 e. The number of unbranched alkanes of at least 4 members (excludes halogenated alkanes) is 1. The second kappa shape index (κ2) is 10.2. The summed E-state index contributed by atoms with van der Waals surface area (Å²) in [5.41, 5.74) is 5.22. The van der Waals surface area contributed by atoms with Crippen molar-refractivity contribution in [3.05, 3.63) is 113 Å². The molecule has 1 aliphatic heterocycles. The second-order valence-electron chi connectivity index (χ2n) is 9.79. The van der Waals surface area contributed by atoms with Crippen molar-refractivity contribution in [2.75, 3.05) is 4.90 Å². The molecular formula is C32H26N4O4. The van der Waals surface area contributed by atoms with E-state index < -0.39 is 5.97 Å². The van der Waals surface area contributed by atoms with Crippen LogP contribution in [-0.2, 0) is 13.0 Å². The highest BCUT2D eigenvalue weighted by Crippen LogP contribution is 2.30. The summed E-state index contributed by atoms with van der Waals surface area (Å²) in [6.45, 7) is 2.65. The number of pyridine rings is 1. The smallest absolute Gasteiger partial charge is 0.336 e. The fourth-order valence-electron chi connectivity index (χ4n) is 5.18. The van der Waals surface area contributed by atoms with Crippen LogP contribution < -0.4 is 4.90 Å². The second-order valence-corrected chi connectivity index (χ2v) is 9.79. The molecule has 0 fully saturated rings. The summed E-state index contributed by atoms with van der Waals surface area (Å²) in [4.78, 5) is 48.4. The summed E-state index contributed by atoms with van der Waals surface area (Å²) in [6, 6.07) is 23.3. The van der Waals surface area contributed by atoms with Crippen LogP contribution in [0.25, 0.3) is 22.3 Å². The van der Waals surface area contributed by atoms with E-state index in [1.165, 1.54) is 0 Å². The highest BCUT2D eigenvalue weighted by molar-refractivity contribution is 6.34. The zero-order valence-corrected chi connectivity index (χ0v) is 21.9. The molecule has 0 radical (unpaired) electrons. The lowest BCUT2D eigenvalue weighted by molar-refractivity contribution is 0.0697. The van der Waals surface area contributed by atoms with Crippen LogP contribution in [0.5, 0.6) is 0 Å². The molecule has 2 aromatic heterocycles. The van der Waals surface area contributed by atoms with Crippen molar-refractivity contribution in [1.82, 2.24) is 14.5 Å². The van der Waals surface area contributed by atoms with E-state index in [0.717, 1.165) is 41.1 Å².